The van der Waals surface area contributed by atoms with Gasteiger partial charge in [0.15, 0.2) is 0 Å². The molecule has 0 heterocycles. The van der Waals surface area contributed by atoms with Crippen LogP contribution in [0.25, 0.3) is 0 Å². The number of carbonyl (C=O) groups is 2. The number of hydrogen-bond donors (Lipinski definition) is 3. The first kappa shape index (κ1) is 14.9. The molecule has 0 saturated heterocycles. The molecule has 1 atom stereocenters. The summed E-state index contributed by atoms with van der Waals surface area (Å²) in [6.07, 6.45) is -0.802. The molecule has 104 valence electrons. The fourth-order valence-corrected chi connectivity index (χ4v) is 1.35. The maximum atomic E-state index is 12.6. The van der Waals surface area contributed by atoms with E-state index in [1.54, 1.807) is 0 Å². The number of urea groups is 1. The first-order valence-corrected chi connectivity index (χ1v) is 5.56. The number of carbonyl (C=O) groups excluding carboxylic acids is 1. The number of benzene rings is 1. The van der Waals surface area contributed by atoms with E-state index >= 15 is 0 Å². The lowest BCUT2D eigenvalue weighted by Crippen LogP contribution is -2.37. The number of halogens is 1. The average molecular weight is 270 g/mol. The molecule has 1 unspecified atom stereocenters. The second-order valence-corrected chi connectivity index (χ2v) is 3.80. The molecule has 1 aromatic carbocycles. The molecule has 3 N–H and O–H groups in total. The Kier molecular flexibility index (Phi) is 5.74. The van der Waals surface area contributed by atoms with Crippen molar-refractivity contribution in [3.63, 3.8) is 0 Å². The van der Waals surface area contributed by atoms with Crippen LogP contribution in [0, 0.1) is 5.82 Å². The molecule has 0 aliphatic rings. The third-order valence-electron chi connectivity index (χ3n) is 2.33. The van der Waals surface area contributed by atoms with Gasteiger partial charge in [-0.15, -0.1) is 0 Å². The van der Waals surface area contributed by atoms with Gasteiger partial charge >= 0.3 is 12.0 Å². The second-order valence-electron chi connectivity index (χ2n) is 3.80. The zero-order valence-corrected chi connectivity index (χ0v) is 10.4. The van der Waals surface area contributed by atoms with Crippen molar-refractivity contribution >= 4 is 17.7 Å². The van der Waals surface area contributed by atoms with Gasteiger partial charge in [-0.25, -0.2) is 9.18 Å². The predicted molar refractivity (Wildman–Crippen MR) is 66.5 cm³/mol. The molecule has 6 nitrogen and oxygen atoms in total. The van der Waals surface area contributed by atoms with Crippen LogP contribution in [0.2, 0.25) is 0 Å². The third-order valence-corrected chi connectivity index (χ3v) is 2.33. The van der Waals surface area contributed by atoms with Crippen molar-refractivity contribution in [1.82, 2.24) is 5.32 Å². The van der Waals surface area contributed by atoms with Gasteiger partial charge in [0.25, 0.3) is 0 Å². The van der Waals surface area contributed by atoms with Crippen molar-refractivity contribution in [2.45, 2.75) is 12.5 Å². The summed E-state index contributed by atoms with van der Waals surface area (Å²) >= 11 is 0. The number of anilines is 1. The van der Waals surface area contributed by atoms with Gasteiger partial charge in [-0.05, 0) is 24.3 Å². The largest absolute Gasteiger partial charge is 0.481 e. The van der Waals surface area contributed by atoms with Crippen molar-refractivity contribution in [2.24, 2.45) is 0 Å². The predicted octanol–water partition coefficient (Wildman–Crippen LogP) is 1.44. The molecule has 19 heavy (non-hydrogen) atoms. The summed E-state index contributed by atoms with van der Waals surface area (Å²) in [6, 6.07) is 4.76. The van der Waals surface area contributed by atoms with E-state index < -0.39 is 23.9 Å². The van der Waals surface area contributed by atoms with Crippen molar-refractivity contribution in [3.05, 3.63) is 30.1 Å². The highest BCUT2D eigenvalue weighted by Gasteiger charge is 2.13. The number of ether oxygens (including phenoxy) is 1. The van der Waals surface area contributed by atoms with E-state index in [-0.39, 0.29) is 13.0 Å². The minimum absolute atomic E-state index is 0.0653. The lowest BCUT2D eigenvalue weighted by molar-refractivity contribution is -0.139. The van der Waals surface area contributed by atoms with E-state index in [1.165, 1.54) is 31.4 Å². The SMILES string of the molecule is COC(CNC(=O)Nc1ccc(F)cc1)CC(=O)O. The van der Waals surface area contributed by atoms with E-state index in [1.807, 2.05) is 0 Å². The fourth-order valence-electron chi connectivity index (χ4n) is 1.35. The summed E-state index contributed by atoms with van der Waals surface area (Å²) in [5.41, 5.74) is 0.436. The van der Waals surface area contributed by atoms with Crippen LogP contribution < -0.4 is 10.6 Å². The summed E-state index contributed by atoms with van der Waals surface area (Å²) in [5, 5.41) is 13.5. The van der Waals surface area contributed by atoms with Crippen LogP contribution in [0.4, 0.5) is 14.9 Å². The van der Waals surface area contributed by atoms with E-state index in [0.717, 1.165) is 0 Å². The standard InChI is InChI=1S/C12H15FN2O4/c1-19-10(6-11(16)17)7-14-12(18)15-9-4-2-8(13)3-5-9/h2-5,10H,6-7H2,1H3,(H,16,17)(H2,14,15,18). The summed E-state index contributed by atoms with van der Waals surface area (Å²) in [5.74, 6) is -1.40. The highest BCUT2D eigenvalue weighted by molar-refractivity contribution is 5.89. The van der Waals surface area contributed by atoms with Crippen LogP contribution in [0.5, 0.6) is 0 Å². The quantitative estimate of drug-likeness (QED) is 0.729. The Bertz CT molecular complexity index is 436. The molecular weight excluding hydrogens is 255 g/mol. The van der Waals surface area contributed by atoms with Crippen molar-refractivity contribution in [2.75, 3.05) is 19.0 Å². The van der Waals surface area contributed by atoms with Crippen LogP contribution in [0.1, 0.15) is 6.42 Å². The number of methoxy groups -OCH3 is 1. The second kappa shape index (κ2) is 7.32. The lowest BCUT2D eigenvalue weighted by Gasteiger charge is -2.14. The number of aliphatic carboxylic acids is 1. The molecule has 2 amide bonds. The van der Waals surface area contributed by atoms with Gasteiger partial charge in [0, 0.05) is 19.3 Å². The number of nitrogens with one attached hydrogen (secondary N) is 2. The summed E-state index contributed by atoms with van der Waals surface area (Å²) < 4.78 is 17.5. The monoisotopic (exact) mass is 270 g/mol. The Labute approximate surface area is 109 Å². The first-order chi connectivity index (χ1) is 9.01. The Morgan fingerprint density at radius 2 is 2.00 bits per heavy atom. The van der Waals surface area contributed by atoms with Gasteiger partial charge in [0.2, 0.25) is 0 Å². The minimum atomic E-state index is -1.01. The Morgan fingerprint density at radius 3 is 2.53 bits per heavy atom. The normalized spacial score (nSPS) is 11.7. The van der Waals surface area contributed by atoms with Gasteiger partial charge in [-0.1, -0.05) is 0 Å². The van der Waals surface area contributed by atoms with E-state index in [2.05, 4.69) is 10.6 Å². The van der Waals surface area contributed by atoms with Crippen molar-refractivity contribution < 1.29 is 23.8 Å². The molecule has 0 aliphatic heterocycles. The van der Waals surface area contributed by atoms with E-state index in [9.17, 15) is 14.0 Å². The number of amides is 2. The molecule has 0 saturated carbocycles. The van der Waals surface area contributed by atoms with Crippen LogP contribution in [-0.4, -0.2) is 36.9 Å². The van der Waals surface area contributed by atoms with Gasteiger partial charge < -0.3 is 20.5 Å². The van der Waals surface area contributed by atoms with Crippen molar-refractivity contribution in [1.29, 1.82) is 0 Å². The number of rotatable bonds is 6. The topological polar surface area (TPSA) is 87.7 Å². The van der Waals surface area contributed by atoms with Crippen LogP contribution in [0.15, 0.2) is 24.3 Å². The Balaban J connectivity index is 2.38. The minimum Gasteiger partial charge on any atom is -0.481 e. The van der Waals surface area contributed by atoms with Crippen molar-refractivity contribution in [3.8, 4) is 0 Å². The fraction of sp³-hybridized carbons (Fsp3) is 0.333. The van der Waals surface area contributed by atoms with Gasteiger partial charge in [0.1, 0.15) is 5.82 Å². The molecule has 0 spiro atoms. The molecule has 7 heteroatoms. The number of carboxylic acids is 1. The highest BCUT2D eigenvalue weighted by Crippen LogP contribution is 2.07. The molecule has 0 bridgehead atoms. The average Bonchev–Trinajstić information content (AvgIpc) is 2.37. The van der Waals surface area contributed by atoms with Gasteiger partial charge in [-0.2, -0.15) is 0 Å². The van der Waals surface area contributed by atoms with Gasteiger partial charge in [-0.3, -0.25) is 4.79 Å². The van der Waals surface area contributed by atoms with Crippen LogP contribution in [-0.2, 0) is 9.53 Å². The smallest absolute Gasteiger partial charge is 0.319 e. The molecule has 0 aromatic heterocycles. The van der Waals surface area contributed by atoms with Crippen LogP contribution >= 0.6 is 0 Å². The highest BCUT2D eigenvalue weighted by atomic mass is 19.1. The maximum Gasteiger partial charge on any atom is 0.319 e. The zero-order chi connectivity index (χ0) is 14.3. The molecule has 0 aliphatic carbocycles. The number of carboxylic acid groups (broad SMARTS) is 1. The lowest BCUT2D eigenvalue weighted by atomic mass is 10.2. The molecule has 0 fully saturated rings. The summed E-state index contributed by atoms with van der Waals surface area (Å²) in [6.45, 7) is 0.0653. The Hall–Kier alpha value is -2.15. The summed E-state index contributed by atoms with van der Waals surface area (Å²) in [7, 11) is 1.37. The van der Waals surface area contributed by atoms with Crippen LogP contribution in [0.3, 0.4) is 0 Å². The van der Waals surface area contributed by atoms with E-state index in [4.69, 9.17) is 9.84 Å². The molecule has 1 rings (SSSR count). The Morgan fingerprint density at radius 1 is 1.37 bits per heavy atom. The molecule has 0 radical (unpaired) electrons. The molecular formula is C12H15FN2O4. The van der Waals surface area contributed by atoms with E-state index in [0.29, 0.717) is 5.69 Å². The maximum absolute atomic E-state index is 12.6. The summed E-state index contributed by atoms with van der Waals surface area (Å²) in [4.78, 5) is 22.0. The van der Waals surface area contributed by atoms with Gasteiger partial charge in [0.05, 0.1) is 12.5 Å². The third kappa shape index (κ3) is 5.82. The first-order valence-electron chi connectivity index (χ1n) is 5.56. The molecule has 1 aromatic rings. The zero-order valence-electron chi connectivity index (χ0n) is 10.4. The number of hydrogen-bond acceptors (Lipinski definition) is 3.